The number of fused-ring (bicyclic) bond motifs is 2. The van der Waals surface area contributed by atoms with Crippen LogP contribution in [0.1, 0.15) is 56.9 Å². The molecule has 0 N–H and O–H groups in total. The predicted octanol–water partition coefficient (Wildman–Crippen LogP) is 15.2. The SMILES string of the molecule is CC(C)Cc1cc(-c2[c-]cccc2)ncc1[Si](C)(C)C.Cc1cccc(C)c1-c1ccc2c(-c3nc4ccccc4n3-c3ccc(-c4ccc(C(C)(C)C)cc4)cc3)[c-]sc2c1.[Ir]. The fourth-order valence-corrected chi connectivity index (χ4v) is 10.9. The van der Waals surface area contributed by atoms with E-state index in [0.717, 1.165) is 45.8 Å². The maximum absolute atomic E-state index is 5.14. The number of imidazole rings is 1. The molecule has 0 unspecified atom stereocenters. The Morgan fingerprint density at radius 3 is 2.02 bits per heavy atom. The zero-order valence-corrected chi connectivity index (χ0v) is 42.4. The third-order valence-electron chi connectivity index (χ3n) is 11.7. The van der Waals surface area contributed by atoms with Crippen LogP contribution in [0, 0.1) is 31.2 Å². The van der Waals surface area contributed by atoms with E-state index in [1.807, 2.05) is 18.2 Å². The van der Waals surface area contributed by atoms with Gasteiger partial charge in [0.25, 0.3) is 0 Å². The van der Waals surface area contributed by atoms with Crippen molar-refractivity contribution in [3.63, 3.8) is 0 Å². The second-order valence-corrected chi connectivity index (χ2v) is 24.9. The van der Waals surface area contributed by atoms with E-state index >= 15 is 0 Å². The van der Waals surface area contributed by atoms with Crippen LogP contribution in [0.5, 0.6) is 0 Å². The van der Waals surface area contributed by atoms with Gasteiger partial charge in [0.1, 0.15) is 0 Å². The summed E-state index contributed by atoms with van der Waals surface area (Å²) in [6, 6.07) is 53.1. The third kappa shape index (κ3) is 9.96. The van der Waals surface area contributed by atoms with E-state index in [1.165, 1.54) is 59.8 Å². The molecule has 6 heteroatoms. The Balaban J connectivity index is 0.000000239. The van der Waals surface area contributed by atoms with Gasteiger partial charge >= 0.3 is 0 Å². The summed E-state index contributed by atoms with van der Waals surface area (Å²) < 4.78 is 3.50. The molecule has 3 nitrogen and oxygen atoms in total. The number of para-hydroxylation sites is 2. The first-order valence-electron chi connectivity index (χ1n) is 21.8. The molecule has 1 radical (unpaired) electrons. The van der Waals surface area contributed by atoms with E-state index in [-0.39, 0.29) is 25.5 Å². The van der Waals surface area contributed by atoms with Crippen LogP contribution in [-0.2, 0) is 31.9 Å². The molecule has 0 saturated heterocycles. The molecule has 0 atom stereocenters. The average molecular weight is 1040 g/mol. The van der Waals surface area contributed by atoms with Gasteiger partial charge in [0.05, 0.1) is 24.9 Å². The van der Waals surface area contributed by atoms with Gasteiger partial charge in [0.15, 0.2) is 0 Å². The van der Waals surface area contributed by atoms with Crippen LogP contribution in [0.2, 0.25) is 19.6 Å². The van der Waals surface area contributed by atoms with Crippen LogP contribution in [-0.4, -0.2) is 22.6 Å². The summed E-state index contributed by atoms with van der Waals surface area (Å²) in [4.78, 5) is 9.83. The molecule has 6 aromatic carbocycles. The van der Waals surface area contributed by atoms with Gasteiger partial charge in [-0.3, -0.25) is 16.3 Å². The number of hydrogen-bond donors (Lipinski definition) is 0. The summed E-state index contributed by atoms with van der Waals surface area (Å²) in [5.74, 6) is 1.59. The monoisotopic (exact) mass is 1040 g/mol. The number of rotatable bonds is 8. The van der Waals surface area contributed by atoms with Crippen molar-refractivity contribution in [3.05, 3.63) is 179 Å². The maximum atomic E-state index is 5.14. The normalized spacial score (nSPS) is 11.7. The molecule has 3 aromatic heterocycles. The molecule has 3 heterocycles. The molecule has 63 heavy (non-hydrogen) atoms. The molecule has 0 aliphatic carbocycles. The molecule has 0 aliphatic rings. The molecular weight excluding hydrogens is 979 g/mol. The number of pyridine rings is 1. The minimum Gasteiger partial charge on any atom is -0.333 e. The van der Waals surface area contributed by atoms with Crippen LogP contribution in [0.25, 0.3) is 71.7 Å². The van der Waals surface area contributed by atoms with Crippen molar-refractivity contribution >= 4 is 45.7 Å². The third-order valence-corrected chi connectivity index (χ3v) is 14.6. The minimum absolute atomic E-state index is 0. The minimum atomic E-state index is -1.34. The zero-order valence-electron chi connectivity index (χ0n) is 38.2. The van der Waals surface area contributed by atoms with Crippen molar-refractivity contribution in [1.29, 1.82) is 0 Å². The van der Waals surface area contributed by atoms with E-state index < -0.39 is 8.07 Å². The van der Waals surface area contributed by atoms with Crippen LogP contribution in [0.3, 0.4) is 0 Å². The summed E-state index contributed by atoms with van der Waals surface area (Å²) in [7, 11) is -1.34. The molecule has 9 aromatic rings. The molecule has 9 rings (SSSR count). The van der Waals surface area contributed by atoms with Gasteiger partial charge < -0.3 is 9.55 Å². The molecular formula is C57H57IrN3SSi-2. The maximum Gasteiger partial charge on any atom is 0.0798 e. The molecule has 0 fully saturated rings. The van der Waals surface area contributed by atoms with E-state index in [0.29, 0.717) is 5.92 Å². The first-order chi connectivity index (χ1) is 29.7. The second kappa shape index (κ2) is 18.9. The summed E-state index contributed by atoms with van der Waals surface area (Å²) >= 11 is 1.67. The molecule has 0 bridgehead atoms. The number of nitrogens with zero attached hydrogens (tertiary/aromatic N) is 3. The van der Waals surface area contributed by atoms with E-state index in [9.17, 15) is 0 Å². The summed E-state index contributed by atoms with van der Waals surface area (Å²) in [6.07, 6.45) is 3.24. The Hall–Kier alpha value is -5.23. The first-order valence-corrected chi connectivity index (χ1v) is 26.1. The van der Waals surface area contributed by atoms with Gasteiger partial charge in [0, 0.05) is 32.0 Å². The predicted molar refractivity (Wildman–Crippen MR) is 270 cm³/mol. The van der Waals surface area contributed by atoms with E-state index in [1.54, 1.807) is 11.3 Å². The van der Waals surface area contributed by atoms with Gasteiger partial charge in [-0.25, -0.2) is 0 Å². The molecule has 0 aliphatic heterocycles. The summed E-state index contributed by atoms with van der Waals surface area (Å²) in [5.41, 5.74) is 16.9. The number of aromatic nitrogens is 3. The fraction of sp³-hybridized carbons (Fsp3) is 0.228. The van der Waals surface area contributed by atoms with Crippen molar-refractivity contribution in [1.82, 2.24) is 14.5 Å². The standard InChI is InChI=1S/C39H33N2S.C18H24NSi.Ir/c1-25-9-8-10-26(2)37(25)29-17-22-32-33(24-42-36(32)23-29)38-40-34-11-6-7-12-35(34)41(38)31-20-15-28(16-21-31)27-13-18-30(19-14-27)39(3,4)5;1-14(2)11-16-12-17(15-9-7-6-8-10-15)19-13-18(16)20(3,4)5;/h6-23H,1-5H3;6-9,12-14H,11H2,1-5H3;/q2*-1;. The van der Waals surface area contributed by atoms with Crippen LogP contribution < -0.4 is 5.19 Å². The molecule has 0 spiro atoms. The van der Waals surface area contributed by atoms with Crippen LogP contribution >= 0.6 is 11.3 Å². The van der Waals surface area contributed by atoms with Gasteiger partial charge in [-0.2, -0.15) is 0 Å². The summed E-state index contributed by atoms with van der Waals surface area (Å²) in [6.45, 7) is 22.9. The zero-order chi connectivity index (χ0) is 43.8. The second-order valence-electron chi connectivity index (χ2n) is 19.0. The number of benzene rings is 6. The Morgan fingerprint density at radius 2 is 1.38 bits per heavy atom. The van der Waals surface area contributed by atoms with Crippen molar-refractivity contribution in [2.45, 2.75) is 79.9 Å². The smallest absolute Gasteiger partial charge is 0.0798 e. The fourth-order valence-electron chi connectivity index (χ4n) is 8.47. The van der Waals surface area contributed by atoms with Gasteiger partial charge in [0.2, 0.25) is 0 Å². The Labute approximate surface area is 393 Å². The summed E-state index contributed by atoms with van der Waals surface area (Å²) in [5, 5.41) is 6.30. The van der Waals surface area contributed by atoms with Crippen molar-refractivity contribution in [3.8, 4) is 50.6 Å². The molecule has 0 saturated carbocycles. The number of aryl methyl sites for hydroxylation is 2. The molecule has 0 amide bonds. The molecule has 321 valence electrons. The Kier molecular flexibility index (Phi) is 13.7. The van der Waals surface area contributed by atoms with E-state index in [2.05, 4.69) is 217 Å². The van der Waals surface area contributed by atoms with Gasteiger partial charge in [-0.1, -0.05) is 160 Å². The van der Waals surface area contributed by atoms with Crippen molar-refractivity contribution < 1.29 is 20.1 Å². The largest absolute Gasteiger partial charge is 0.333 e. The average Bonchev–Trinajstić information content (AvgIpc) is 3.85. The first kappa shape index (κ1) is 45.8. The van der Waals surface area contributed by atoms with Crippen molar-refractivity contribution in [2.75, 3.05) is 0 Å². The Bertz CT molecular complexity index is 2960. The van der Waals surface area contributed by atoms with E-state index in [4.69, 9.17) is 4.98 Å². The number of hydrogen-bond acceptors (Lipinski definition) is 3. The van der Waals surface area contributed by atoms with Crippen LogP contribution in [0.15, 0.2) is 146 Å². The van der Waals surface area contributed by atoms with Gasteiger partial charge in [-0.05, 0) is 106 Å². The Morgan fingerprint density at radius 1 is 0.730 bits per heavy atom. The topological polar surface area (TPSA) is 30.7 Å². The van der Waals surface area contributed by atoms with Gasteiger partial charge in [-0.15, -0.1) is 47.3 Å². The quantitative estimate of drug-likeness (QED) is 0.112. The number of thiophene rings is 1. The van der Waals surface area contributed by atoms with Crippen LogP contribution in [0.4, 0.5) is 0 Å². The van der Waals surface area contributed by atoms with Crippen molar-refractivity contribution in [2.24, 2.45) is 5.92 Å².